The highest BCUT2D eigenvalue weighted by Gasteiger charge is 2.40. The summed E-state index contributed by atoms with van der Waals surface area (Å²) in [5.74, 6) is 11.1. The number of ether oxygens (including phenoxy) is 4. The van der Waals surface area contributed by atoms with Gasteiger partial charge in [-0.05, 0) is 26.9 Å². The Morgan fingerprint density at radius 2 is 0.978 bits per heavy atom. The summed E-state index contributed by atoms with van der Waals surface area (Å²) < 4.78 is 21.0. The lowest BCUT2D eigenvalue weighted by atomic mass is 10.1. The van der Waals surface area contributed by atoms with Crippen LogP contribution in [-0.2, 0) is 38.1 Å². The predicted molar refractivity (Wildman–Crippen MR) is 169 cm³/mol. The van der Waals surface area contributed by atoms with E-state index in [1.165, 1.54) is 0 Å². The molecule has 0 radical (unpaired) electrons. The van der Waals surface area contributed by atoms with Gasteiger partial charge < -0.3 is 18.9 Å². The van der Waals surface area contributed by atoms with E-state index in [2.05, 4.69) is 60.6 Å². The number of nitrogens with zero attached hydrogens (tertiary/aromatic N) is 2. The Morgan fingerprint density at radius 1 is 0.644 bits per heavy atom. The van der Waals surface area contributed by atoms with Crippen molar-refractivity contribution in [1.29, 1.82) is 0 Å². The molecule has 3 aliphatic heterocycles. The van der Waals surface area contributed by atoms with Gasteiger partial charge in [0.2, 0.25) is 0 Å². The molecule has 0 aromatic rings. The molecule has 3 heterocycles. The molecule has 0 aromatic heterocycles. The number of thioether (sulfide) groups is 1. The van der Waals surface area contributed by atoms with Gasteiger partial charge in [-0.15, -0.1) is 11.8 Å². The Bertz CT molecular complexity index is 1190. The fraction of sp³-hybridized carbons (Fsp3) is 0.500. The number of nitrogens with one attached hydrogen (secondary N) is 2. The molecule has 3 fully saturated rings. The van der Waals surface area contributed by atoms with E-state index in [0.717, 1.165) is 37.1 Å². The average molecular weight is 641 g/mol. The van der Waals surface area contributed by atoms with Gasteiger partial charge in [-0.1, -0.05) is 50.0 Å². The van der Waals surface area contributed by atoms with Gasteiger partial charge >= 0.3 is 23.9 Å². The van der Waals surface area contributed by atoms with E-state index < -0.39 is 23.9 Å². The summed E-state index contributed by atoms with van der Waals surface area (Å²) in [5.41, 5.74) is 0. The third kappa shape index (κ3) is 10.3. The van der Waals surface area contributed by atoms with Crippen LogP contribution >= 0.6 is 11.8 Å². The number of carbonyl (C=O) groups is 4. The van der Waals surface area contributed by atoms with Crippen LogP contribution < -0.4 is 10.6 Å². The molecule has 3 aliphatic rings. The van der Waals surface area contributed by atoms with Crippen molar-refractivity contribution in [2.45, 2.75) is 59.8 Å². The summed E-state index contributed by atoms with van der Waals surface area (Å²) in [6.45, 7) is 14.0. The average Bonchev–Trinajstić information content (AvgIpc) is 3.72. The lowest BCUT2D eigenvalue weighted by molar-refractivity contribution is -0.141. The lowest BCUT2D eigenvalue weighted by Gasteiger charge is -2.23. The minimum Gasteiger partial charge on any atom is -0.461 e. The van der Waals surface area contributed by atoms with E-state index >= 15 is 0 Å². The zero-order chi connectivity index (χ0) is 32.9. The molecule has 13 heteroatoms. The highest BCUT2D eigenvalue weighted by atomic mass is 32.2. The van der Waals surface area contributed by atoms with Crippen LogP contribution in [0.25, 0.3) is 0 Å². The first kappa shape index (κ1) is 35.6. The van der Waals surface area contributed by atoms with Crippen LogP contribution in [0, 0.1) is 23.7 Å². The fourth-order valence-electron chi connectivity index (χ4n) is 4.99. The Hall–Kier alpha value is -3.85. The molecule has 8 atom stereocenters. The molecule has 3 saturated heterocycles. The first-order valence-electron chi connectivity index (χ1n) is 14.4. The van der Waals surface area contributed by atoms with E-state index in [9.17, 15) is 19.2 Å². The second-order valence-electron chi connectivity index (χ2n) is 10.4. The second kappa shape index (κ2) is 17.6. The Labute approximate surface area is 268 Å². The van der Waals surface area contributed by atoms with E-state index in [4.69, 9.17) is 18.9 Å². The summed E-state index contributed by atoms with van der Waals surface area (Å²) in [6, 6.07) is -1.17. The van der Waals surface area contributed by atoms with E-state index in [1.807, 2.05) is 23.9 Å². The van der Waals surface area contributed by atoms with Gasteiger partial charge in [0.05, 0.1) is 34.7 Å². The smallest absolute Gasteiger partial charge is 0.330 e. The zero-order valence-corrected chi connectivity index (χ0v) is 26.4. The highest BCUT2D eigenvalue weighted by Crippen LogP contribution is 2.33. The van der Waals surface area contributed by atoms with Gasteiger partial charge in [-0.25, -0.2) is 19.2 Å². The van der Waals surface area contributed by atoms with Crippen molar-refractivity contribution < 1.29 is 38.1 Å². The number of carbonyl (C=O) groups excluding carboxylic acids is 4. The highest BCUT2D eigenvalue weighted by molar-refractivity contribution is 8.01. The lowest BCUT2D eigenvalue weighted by Crippen LogP contribution is -2.42. The maximum absolute atomic E-state index is 11.7. The monoisotopic (exact) mass is 640 g/mol. The third-order valence-electron chi connectivity index (χ3n) is 7.58. The Kier molecular flexibility index (Phi) is 13.9. The summed E-state index contributed by atoms with van der Waals surface area (Å²) in [5, 5.41) is 6.87. The zero-order valence-electron chi connectivity index (χ0n) is 25.6. The predicted octanol–water partition coefficient (Wildman–Crippen LogP) is 0.371. The van der Waals surface area contributed by atoms with Crippen molar-refractivity contribution in [3.05, 3.63) is 50.6 Å². The molecular weight excluding hydrogens is 600 g/mol. The molecule has 0 aromatic carbocycles. The van der Waals surface area contributed by atoms with Gasteiger partial charge in [-0.3, -0.25) is 20.4 Å². The van der Waals surface area contributed by atoms with Crippen LogP contribution in [-0.4, -0.2) is 121 Å². The summed E-state index contributed by atoms with van der Waals surface area (Å²) in [4.78, 5) is 50.5. The van der Waals surface area contributed by atoms with Crippen LogP contribution in [0.3, 0.4) is 0 Å². The van der Waals surface area contributed by atoms with Crippen molar-refractivity contribution >= 4 is 35.6 Å². The number of hydrogen-bond acceptors (Lipinski definition) is 13. The minimum atomic E-state index is -0.539. The van der Waals surface area contributed by atoms with Crippen molar-refractivity contribution in [2.75, 3.05) is 40.5 Å². The largest absolute Gasteiger partial charge is 0.461 e. The van der Waals surface area contributed by atoms with Crippen LogP contribution in [0.1, 0.15) is 12.8 Å². The van der Waals surface area contributed by atoms with Crippen LogP contribution in [0.4, 0.5) is 0 Å². The van der Waals surface area contributed by atoms with Crippen LogP contribution in [0.2, 0.25) is 0 Å². The molecule has 0 spiro atoms. The molecule has 3 rings (SSSR count). The normalized spacial score (nSPS) is 29.2. The third-order valence-corrected chi connectivity index (χ3v) is 8.95. The van der Waals surface area contributed by atoms with Crippen molar-refractivity contribution in [3.63, 3.8) is 0 Å². The van der Waals surface area contributed by atoms with E-state index in [-0.39, 0.29) is 73.4 Å². The maximum atomic E-state index is 11.7. The quantitative estimate of drug-likeness (QED) is 0.132. The molecule has 0 saturated carbocycles. The summed E-state index contributed by atoms with van der Waals surface area (Å²) in [7, 11) is 3.74. The van der Waals surface area contributed by atoms with Crippen molar-refractivity contribution in [3.8, 4) is 23.7 Å². The Morgan fingerprint density at radius 3 is 1.31 bits per heavy atom. The summed E-state index contributed by atoms with van der Waals surface area (Å²) in [6.07, 6.45) is 5.44. The number of likely N-dealkylation sites (N-methyl/N-ethyl adjacent to an activating group) is 2. The molecule has 242 valence electrons. The minimum absolute atomic E-state index is 0.0677. The molecule has 8 unspecified atom stereocenters. The van der Waals surface area contributed by atoms with E-state index in [0.29, 0.717) is 0 Å². The van der Waals surface area contributed by atoms with Crippen molar-refractivity contribution in [2.24, 2.45) is 0 Å². The van der Waals surface area contributed by atoms with Crippen LogP contribution in [0.5, 0.6) is 0 Å². The molecule has 2 N–H and O–H groups in total. The molecule has 0 amide bonds. The van der Waals surface area contributed by atoms with Gasteiger partial charge in [0.25, 0.3) is 0 Å². The number of hydrogen-bond donors (Lipinski definition) is 2. The molecule has 0 aliphatic carbocycles. The molecule has 0 bridgehead atoms. The topological polar surface area (TPSA) is 136 Å². The van der Waals surface area contributed by atoms with Gasteiger partial charge in [0.1, 0.15) is 38.8 Å². The summed E-state index contributed by atoms with van der Waals surface area (Å²) >= 11 is 1.69. The molecular formula is C32H40N4O8S. The Balaban J connectivity index is 1.61. The molecule has 45 heavy (non-hydrogen) atoms. The van der Waals surface area contributed by atoms with Crippen LogP contribution in [0.15, 0.2) is 50.6 Å². The fourth-order valence-corrected chi connectivity index (χ4v) is 6.21. The first-order chi connectivity index (χ1) is 21.6. The number of rotatable bonds is 12. The molecule has 12 nitrogen and oxygen atoms in total. The van der Waals surface area contributed by atoms with Crippen molar-refractivity contribution in [1.82, 2.24) is 20.4 Å². The van der Waals surface area contributed by atoms with Gasteiger partial charge in [-0.2, -0.15) is 0 Å². The first-order valence-corrected chi connectivity index (χ1v) is 15.3. The van der Waals surface area contributed by atoms with Gasteiger partial charge in [0, 0.05) is 24.3 Å². The standard InChI is InChI=1S/C32H40N4O8S/c1-7-29(37)41-17-23-25(19-43-31(39)9-3)35(5)27(33-23)15-13-21-11-12-22(45-21)14-16-28-34-24(18-42-30(38)8-2)26(36(28)6)20-44-32(40)10-4/h7-10,21-28,33-34H,1-4,11-12,17-20H2,5-6H3. The SMILES string of the molecule is C=CC(=O)OCC1NC(C#CC2CCC(C#CC3NC(COC(=O)C=C)C(COC(=O)C=C)N3C)S2)N(C)C1COC(=O)C=C. The van der Waals surface area contributed by atoms with E-state index in [1.54, 1.807) is 11.8 Å². The van der Waals surface area contributed by atoms with Gasteiger partial charge in [0.15, 0.2) is 0 Å². The second-order valence-corrected chi connectivity index (χ2v) is 11.8. The maximum Gasteiger partial charge on any atom is 0.330 e. The number of esters is 4.